The molecule has 2 fully saturated rings. The van der Waals surface area contributed by atoms with Gasteiger partial charge < -0.3 is 15.0 Å². The smallest absolute Gasteiger partial charge is 0.160 e. The van der Waals surface area contributed by atoms with Gasteiger partial charge in [-0.05, 0) is 50.3 Å². The van der Waals surface area contributed by atoms with E-state index >= 15 is 0 Å². The van der Waals surface area contributed by atoms with Crippen LogP contribution in [0.5, 0.6) is 0 Å². The van der Waals surface area contributed by atoms with E-state index in [0.29, 0.717) is 12.5 Å². The molecule has 0 bridgehead atoms. The largest absolute Gasteiger partial charge is 0.375 e. The zero-order valence-corrected chi connectivity index (χ0v) is 19.6. The zero-order chi connectivity index (χ0) is 17.8. The predicted molar refractivity (Wildman–Crippen MR) is 126 cm³/mol. The van der Waals surface area contributed by atoms with E-state index in [1.807, 2.05) is 11.7 Å². The second-order valence-electron chi connectivity index (χ2n) is 7.74. The Balaban J connectivity index is 0.00000140. The Kier molecular flexibility index (Phi) is 11.6. The first-order chi connectivity index (χ1) is 12.8. The quantitative estimate of drug-likeness (QED) is 0.718. The van der Waals surface area contributed by atoms with Crippen LogP contribution in [-0.4, -0.2) is 47.6 Å². The number of rotatable bonds is 5. The highest BCUT2D eigenvalue weighted by atomic mass is 35.5. The van der Waals surface area contributed by atoms with Crippen LogP contribution in [0, 0.1) is 5.92 Å². The number of pyridine rings is 1. The fourth-order valence-corrected chi connectivity index (χ4v) is 4.16. The Morgan fingerprint density at radius 1 is 1.07 bits per heavy atom. The molecule has 0 aliphatic carbocycles. The van der Waals surface area contributed by atoms with E-state index in [-0.39, 0.29) is 37.2 Å². The van der Waals surface area contributed by atoms with E-state index in [4.69, 9.17) is 9.72 Å². The van der Waals surface area contributed by atoms with Crippen molar-refractivity contribution in [3.05, 3.63) is 17.8 Å². The van der Waals surface area contributed by atoms with E-state index in [1.54, 1.807) is 0 Å². The highest BCUT2D eigenvalue weighted by Gasteiger charge is 2.17. The normalized spacial score (nSPS) is 19.6. The summed E-state index contributed by atoms with van der Waals surface area (Å²) in [5.41, 5.74) is 1.96. The Bertz CT molecular complexity index is 728. The molecule has 166 valence electrons. The molecular weight excluding hydrogens is 433 g/mol. The molecule has 9 heteroatoms. The van der Waals surface area contributed by atoms with Crippen molar-refractivity contribution in [3.8, 4) is 0 Å². The molecule has 4 rings (SSSR count). The van der Waals surface area contributed by atoms with Crippen molar-refractivity contribution in [2.75, 3.05) is 37.7 Å². The van der Waals surface area contributed by atoms with Gasteiger partial charge in [-0.1, -0.05) is 12.8 Å². The molecule has 0 aromatic carbocycles. The van der Waals surface area contributed by atoms with Crippen LogP contribution >= 0.6 is 37.2 Å². The minimum atomic E-state index is 0. The number of anilines is 1. The summed E-state index contributed by atoms with van der Waals surface area (Å²) in [5, 5.41) is 9.24. The van der Waals surface area contributed by atoms with Crippen LogP contribution in [0.25, 0.3) is 11.0 Å². The molecule has 4 heterocycles. The van der Waals surface area contributed by atoms with E-state index in [9.17, 15) is 0 Å². The van der Waals surface area contributed by atoms with Crippen LogP contribution in [0.1, 0.15) is 44.2 Å². The summed E-state index contributed by atoms with van der Waals surface area (Å²) in [7, 11) is 1.98. The molecular formula is C20H34Cl3N5O. The summed E-state index contributed by atoms with van der Waals surface area (Å²) < 4.78 is 7.89. The van der Waals surface area contributed by atoms with Crippen molar-refractivity contribution in [1.29, 1.82) is 0 Å². The van der Waals surface area contributed by atoms with Gasteiger partial charge in [0.15, 0.2) is 5.65 Å². The first-order valence-electron chi connectivity index (χ1n) is 10.2. The number of ether oxygens (including phenoxy) is 1. The molecule has 2 aliphatic heterocycles. The van der Waals surface area contributed by atoms with Crippen LogP contribution in [0.4, 0.5) is 5.82 Å². The number of nitrogens with one attached hydrogen (secondary N) is 1. The van der Waals surface area contributed by atoms with E-state index in [1.165, 1.54) is 38.5 Å². The van der Waals surface area contributed by atoms with Crippen molar-refractivity contribution in [2.45, 2.75) is 45.1 Å². The zero-order valence-electron chi connectivity index (χ0n) is 17.1. The number of aryl methyl sites for hydroxylation is 1. The standard InChI is InChI=1S/C20H31N5O.3ClH/c1-24-20-17(8-9-19(22-20)25-11-4-2-3-5-12-25)18(23-24)15-26-14-16-7-6-10-21-13-16;;;/h8-9,16,21H,2-7,10-15H2,1H3;3*1H. The lowest BCUT2D eigenvalue weighted by molar-refractivity contribution is 0.0767. The van der Waals surface area contributed by atoms with Crippen molar-refractivity contribution in [1.82, 2.24) is 20.1 Å². The second kappa shape index (κ2) is 12.8. The van der Waals surface area contributed by atoms with Gasteiger partial charge in [0.1, 0.15) is 5.82 Å². The molecule has 1 atom stereocenters. The molecule has 2 saturated heterocycles. The first kappa shape index (κ1) is 26.2. The fraction of sp³-hybridized carbons (Fsp3) is 0.700. The number of piperidine rings is 1. The molecule has 29 heavy (non-hydrogen) atoms. The van der Waals surface area contributed by atoms with E-state index in [0.717, 1.165) is 55.3 Å². The highest BCUT2D eigenvalue weighted by molar-refractivity contribution is 5.86. The maximum Gasteiger partial charge on any atom is 0.160 e. The van der Waals surface area contributed by atoms with Crippen LogP contribution in [0.2, 0.25) is 0 Å². The van der Waals surface area contributed by atoms with Gasteiger partial charge >= 0.3 is 0 Å². The van der Waals surface area contributed by atoms with Crippen molar-refractivity contribution < 1.29 is 4.74 Å². The highest BCUT2D eigenvalue weighted by Crippen LogP contribution is 2.23. The van der Waals surface area contributed by atoms with Crippen LogP contribution < -0.4 is 10.2 Å². The molecule has 1 unspecified atom stereocenters. The minimum absolute atomic E-state index is 0. The maximum atomic E-state index is 5.99. The monoisotopic (exact) mass is 465 g/mol. The molecule has 6 nitrogen and oxygen atoms in total. The third-order valence-electron chi connectivity index (χ3n) is 5.67. The van der Waals surface area contributed by atoms with Gasteiger partial charge in [0.05, 0.1) is 18.9 Å². The molecule has 0 spiro atoms. The van der Waals surface area contributed by atoms with Crippen molar-refractivity contribution >= 4 is 54.1 Å². The molecule has 1 N–H and O–H groups in total. The third kappa shape index (κ3) is 6.59. The van der Waals surface area contributed by atoms with Crippen molar-refractivity contribution in [3.63, 3.8) is 0 Å². The van der Waals surface area contributed by atoms with Gasteiger partial charge in [-0.3, -0.25) is 4.68 Å². The topological polar surface area (TPSA) is 55.2 Å². The Morgan fingerprint density at radius 2 is 1.83 bits per heavy atom. The molecule has 0 radical (unpaired) electrons. The molecule has 2 aromatic rings. The molecule has 0 amide bonds. The molecule has 2 aromatic heterocycles. The van der Waals surface area contributed by atoms with Crippen LogP contribution in [0.15, 0.2) is 12.1 Å². The number of hydrogen-bond acceptors (Lipinski definition) is 5. The van der Waals surface area contributed by atoms with E-state index < -0.39 is 0 Å². The molecule has 2 aliphatic rings. The van der Waals surface area contributed by atoms with Gasteiger partial charge in [0.2, 0.25) is 0 Å². The summed E-state index contributed by atoms with van der Waals surface area (Å²) in [6.07, 6.45) is 7.71. The van der Waals surface area contributed by atoms with Gasteiger partial charge in [-0.25, -0.2) is 4.98 Å². The number of nitrogens with zero attached hydrogens (tertiary/aromatic N) is 4. The first-order valence-corrected chi connectivity index (χ1v) is 10.2. The third-order valence-corrected chi connectivity index (χ3v) is 5.67. The number of aromatic nitrogens is 3. The van der Waals surface area contributed by atoms with E-state index in [2.05, 4.69) is 27.4 Å². The van der Waals surface area contributed by atoms with Crippen LogP contribution in [-0.2, 0) is 18.4 Å². The van der Waals surface area contributed by atoms with Gasteiger partial charge in [0.25, 0.3) is 0 Å². The average Bonchev–Trinajstić information content (AvgIpc) is 2.85. The lowest BCUT2D eigenvalue weighted by atomic mass is 10.0. The Hall–Kier alpha value is -0.790. The summed E-state index contributed by atoms with van der Waals surface area (Å²) >= 11 is 0. The Morgan fingerprint density at radius 3 is 2.52 bits per heavy atom. The van der Waals surface area contributed by atoms with Gasteiger partial charge in [-0.15, -0.1) is 37.2 Å². The number of hydrogen-bond donors (Lipinski definition) is 1. The average molecular weight is 467 g/mol. The minimum Gasteiger partial charge on any atom is -0.375 e. The second-order valence-corrected chi connectivity index (χ2v) is 7.74. The maximum absolute atomic E-state index is 5.99. The van der Waals surface area contributed by atoms with Gasteiger partial charge in [-0.2, -0.15) is 5.10 Å². The SMILES string of the molecule is Cl.Cl.Cl.Cn1nc(COCC2CCCNC2)c2ccc(N3CCCCCC3)nc21. The molecule has 0 saturated carbocycles. The summed E-state index contributed by atoms with van der Waals surface area (Å²) in [4.78, 5) is 7.34. The lowest BCUT2D eigenvalue weighted by Crippen LogP contribution is -2.32. The predicted octanol–water partition coefficient (Wildman–Crippen LogP) is 4.13. The summed E-state index contributed by atoms with van der Waals surface area (Å²) in [6.45, 7) is 5.82. The lowest BCUT2D eigenvalue weighted by Gasteiger charge is -2.22. The number of halogens is 3. The van der Waals surface area contributed by atoms with Crippen molar-refractivity contribution in [2.24, 2.45) is 13.0 Å². The van der Waals surface area contributed by atoms with Crippen LogP contribution in [0.3, 0.4) is 0 Å². The summed E-state index contributed by atoms with van der Waals surface area (Å²) in [5.74, 6) is 1.72. The fourth-order valence-electron chi connectivity index (χ4n) is 4.16. The van der Waals surface area contributed by atoms with Gasteiger partial charge in [0, 0.05) is 32.1 Å². The Labute approximate surface area is 192 Å². The number of fused-ring (bicyclic) bond motifs is 1. The summed E-state index contributed by atoms with van der Waals surface area (Å²) in [6, 6.07) is 4.33.